The molecule has 1 N–H and O–H groups in total. The van der Waals surface area contributed by atoms with Crippen LogP contribution in [0.1, 0.15) is 13.8 Å². The van der Waals surface area contributed by atoms with Crippen LogP contribution in [0.15, 0.2) is 0 Å². The highest BCUT2D eigenvalue weighted by molar-refractivity contribution is 7.81. The molecule has 0 aliphatic carbocycles. The van der Waals surface area contributed by atoms with Crippen molar-refractivity contribution in [3.8, 4) is 0 Å². The fourth-order valence-electron chi connectivity index (χ4n) is 0.789. The normalized spacial score (nSPS) is 11.4. The van der Waals surface area contributed by atoms with Crippen LogP contribution in [0.25, 0.3) is 0 Å². The number of likely N-dealkylation sites (N-methyl/N-ethyl adjacent to an activating group) is 1. The van der Waals surface area contributed by atoms with Gasteiger partial charge in [0.1, 0.15) is 0 Å². The zero-order valence-electron chi connectivity index (χ0n) is 7.16. The maximum Gasteiger partial charge on any atom is 0.232 e. The van der Waals surface area contributed by atoms with Gasteiger partial charge < -0.3 is 10.0 Å². The summed E-state index contributed by atoms with van der Waals surface area (Å²) in [6.07, 6.45) is 0. The summed E-state index contributed by atoms with van der Waals surface area (Å²) in [5.74, 6) is 0.113. The second-order valence-corrected chi connectivity index (χ2v) is 3.54. The number of rotatable bonds is 3. The smallest absolute Gasteiger partial charge is 0.232 e. The molecule has 0 saturated heterocycles. The Kier molecular flexibility index (Phi) is 3.89. The molecule has 0 rings (SSSR count). The summed E-state index contributed by atoms with van der Waals surface area (Å²) in [5, 5.41) is 9.31. The average Bonchev–Trinajstić information content (AvgIpc) is 1.82. The van der Waals surface area contributed by atoms with E-state index in [1.54, 1.807) is 20.9 Å². The largest absolute Gasteiger partial charge is 0.389 e. The summed E-state index contributed by atoms with van der Waals surface area (Å²) in [5.41, 5.74) is -0.826. The van der Waals surface area contributed by atoms with Gasteiger partial charge in [-0.05, 0) is 13.8 Å². The average molecular weight is 177 g/mol. The van der Waals surface area contributed by atoms with E-state index in [-0.39, 0.29) is 11.7 Å². The highest BCUT2D eigenvalue weighted by Gasteiger charge is 2.17. The molecule has 0 aliphatic rings. The quantitative estimate of drug-likeness (QED) is 0.602. The lowest BCUT2D eigenvalue weighted by Gasteiger charge is -2.24. The van der Waals surface area contributed by atoms with Crippen molar-refractivity contribution in [1.82, 2.24) is 4.90 Å². The third kappa shape index (κ3) is 5.09. The van der Waals surface area contributed by atoms with Gasteiger partial charge in [0.15, 0.2) is 0 Å². The van der Waals surface area contributed by atoms with Gasteiger partial charge in [-0.15, -0.1) is 0 Å². The standard InChI is InChI=1S/C7H15NO2S/c1-7(2,10)5-8(3)6(9)4-11/h10-11H,4-5H2,1-3H3. The van der Waals surface area contributed by atoms with Gasteiger partial charge in [-0.1, -0.05) is 0 Å². The topological polar surface area (TPSA) is 40.5 Å². The van der Waals surface area contributed by atoms with Crippen molar-refractivity contribution in [1.29, 1.82) is 0 Å². The molecule has 0 aliphatic heterocycles. The predicted octanol–water partition coefficient (Wildman–Crippen LogP) is 0.145. The van der Waals surface area contributed by atoms with E-state index >= 15 is 0 Å². The second kappa shape index (κ2) is 3.97. The molecule has 0 fully saturated rings. The Hall–Kier alpha value is -0.220. The van der Waals surface area contributed by atoms with Crippen LogP contribution in [0.3, 0.4) is 0 Å². The first-order valence-corrected chi connectivity index (χ1v) is 4.07. The van der Waals surface area contributed by atoms with Crippen LogP contribution in [-0.4, -0.2) is 40.9 Å². The highest BCUT2D eigenvalue weighted by atomic mass is 32.1. The van der Waals surface area contributed by atoms with E-state index in [0.29, 0.717) is 6.54 Å². The van der Waals surface area contributed by atoms with Gasteiger partial charge in [-0.3, -0.25) is 4.79 Å². The van der Waals surface area contributed by atoms with Gasteiger partial charge in [0, 0.05) is 13.6 Å². The summed E-state index contributed by atoms with van der Waals surface area (Å²) in [7, 11) is 1.65. The number of aliphatic hydroxyl groups is 1. The van der Waals surface area contributed by atoms with Crippen LogP contribution in [0, 0.1) is 0 Å². The number of amides is 1. The van der Waals surface area contributed by atoms with Gasteiger partial charge in [-0.2, -0.15) is 12.6 Å². The monoisotopic (exact) mass is 177 g/mol. The predicted molar refractivity (Wildman–Crippen MR) is 47.8 cm³/mol. The number of thiol groups is 1. The molecule has 0 spiro atoms. The Morgan fingerprint density at radius 3 is 2.36 bits per heavy atom. The van der Waals surface area contributed by atoms with Crippen molar-refractivity contribution in [2.75, 3.05) is 19.3 Å². The fraction of sp³-hybridized carbons (Fsp3) is 0.857. The number of nitrogens with zero attached hydrogens (tertiary/aromatic N) is 1. The van der Waals surface area contributed by atoms with Crippen LogP contribution in [0.5, 0.6) is 0 Å². The lowest BCUT2D eigenvalue weighted by molar-refractivity contribution is -0.129. The maximum absolute atomic E-state index is 10.9. The minimum Gasteiger partial charge on any atom is -0.389 e. The molecule has 0 aromatic carbocycles. The molecule has 4 heteroatoms. The summed E-state index contributed by atoms with van der Waals surface area (Å²) in [6, 6.07) is 0. The first kappa shape index (κ1) is 10.8. The third-order valence-corrected chi connectivity index (χ3v) is 1.46. The number of carbonyl (C=O) groups is 1. The number of hydrogen-bond acceptors (Lipinski definition) is 3. The van der Waals surface area contributed by atoms with Gasteiger partial charge >= 0.3 is 0 Å². The molecule has 0 saturated carbocycles. The molecule has 0 aromatic rings. The van der Waals surface area contributed by atoms with Crippen molar-refractivity contribution in [3.63, 3.8) is 0 Å². The first-order valence-electron chi connectivity index (χ1n) is 3.44. The molecule has 0 unspecified atom stereocenters. The van der Waals surface area contributed by atoms with Crippen LogP contribution in [-0.2, 0) is 4.79 Å². The third-order valence-electron chi connectivity index (χ3n) is 1.19. The zero-order valence-corrected chi connectivity index (χ0v) is 8.06. The van der Waals surface area contributed by atoms with Gasteiger partial charge in [0.25, 0.3) is 0 Å². The maximum atomic E-state index is 10.9. The van der Waals surface area contributed by atoms with Crippen molar-refractivity contribution in [2.45, 2.75) is 19.4 Å². The van der Waals surface area contributed by atoms with Crippen LogP contribution in [0.2, 0.25) is 0 Å². The molecule has 0 atom stereocenters. The van der Waals surface area contributed by atoms with E-state index in [1.807, 2.05) is 0 Å². The number of hydrogen-bond donors (Lipinski definition) is 2. The van der Waals surface area contributed by atoms with Gasteiger partial charge in [0.05, 0.1) is 11.4 Å². The molecule has 0 radical (unpaired) electrons. The first-order chi connectivity index (χ1) is 4.87. The minimum atomic E-state index is -0.826. The molecule has 0 bridgehead atoms. The Bertz CT molecular complexity index is 142. The Morgan fingerprint density at radius 2 is 2.09 bits per heavy atom. The lowest BCUT2D eigenvalue weighted by Crippen LogP contribution is -2.40. The molecule has 0 aromatic heterocycles. The van der Waals surface area contributed by atoms with Crippen molar-refractivity contribution in [2.24, 2.45) is 0 Å². The summed E-state index contributed by atoms with van der Waals surface area (Å²) in [6.45, 7) is 3.66. The van der Waals surface area contributed by atoms with E-state index in [2.05, 4.69) is 12.6 Å². The second-order valence-electron chi connectivity index (χ2n) is 3.22. The van der Waals surface area contributed by atoms with Gasteiger partial charge in [-0.25, -0.2) is 0 Å². The summed E-state index contributed by atoms with van der Waals surface area (Å²) in [4.78, 5) is 12.4. The zero-order chi connectivity index (χ0) is 9.07. The van der Waals surface area contributed by atoms with Crippen LogP contribution < -0.4 is 0 Å². The van der Waals surface area contributed by atoms with E-state index in [1.165, 1.54) is 4.90 Å². The molecule has 1 amide bonds. The van der Waals surface area contributed by atoms with Crippen molar-refractivity contribution >= 4 is 18.5 Å². The molecule has 3 nitrogen and oxygen atoms in total. The Morgan fingerprint density at radius 1 is 1.64 bits per heavy atom. The molecular formula is C7H15NO2S. The summed E-state index contributed by atoms with van der Waals surface area (Å²) < 4.78 is 0. The van der Waals surface area contributed by atoms with Crippen LogP contribution >= 0.6 is 12.6 Å². The molecule has 0 heterocycles. The van der Waals surface area contributed by atoms with Gasteiger partial charge in [0.2, 0.25) is 5.91 Å². The van der Waals surface area contributed by atoms with E-state index < -0.39 is 5.60 Å². The SMILES string of the molecule is CN(CC(C)(C)O)C(=O)CS. The van der Waals surface area contributed by atoms with E-state index in [0.717, 1.165) is 0 Å². The fourth-order valence-corrected chi connectivity index (χ4v) is 1.03. The molecule has 66 valence electrons. The summed E-state index contributed by atoms with van der Waals surface area (Å²) >= 11 is 3.83. The Balaban J connectivity index is 3.87. The van der Waals surface area contributed by atoms with Crippen molar-refractivity contribution in [3.05, 3.63) is 0 Å². The van der Waals surface area contributed by atoms with E-state index in [4.69, 9.17) is 0 Å². The molecule has 11 heavy (non-hydrogen) atoms. The van der Waals surface area contributed by atoms with Crippen LogP contribution in [0.4, 0.5) is 0 Å². The number of carbonyl (C=O) groups excluding carboxylic acids is 1. The Labute approximate surface area is 72.8 Å². The lowest BCUT2D eigenvalue weighted by atomic mass is 10.1. The minimum absolute atomic E-state index is 0.0736. The highest BCUT2D eigenvalue weighted by Crippen LogP contribution is 2.03. The van der Waals surface area contributed by atoms with E-state index in [9.17, 15) is 9.90 Å². The molecular weight excluding hydrogens is 162 g/mol. The van der Waals surface area contributed by atoms with Crippen molar-refractivity contribution < 1.29 is 9.90 Å².